The molecule has 0 radical (unpaired) electrons. The molecule has 5 nitrogen and oxygen atoms in total. The molecule has 7 atom stereocenters. The Hall–Kier alpha value is -1.62. The summed E-state index contributed by atoms with van der Waals surface area (Å²) in [6, 6.07) is 0. The number of fused-ring (bicyclic) bond motifs is 1. The third-order valence-corrected chi connectivity index (χ3v) is 9.54. The molecule has 4 saturated carbocycles. The normalized spacial score (nSPS) is 50.2. The van der Waals surface area contributed by atoms with Crippen LogP contribution in [0.25, 0.3) is 0 Å². The third-order valence-electron chi connectivity index (χ3n) is 9.54. The van der Waals surface area contributed by atoms with Crippen LogP contribution in [-0.4, -0.2) is 34.4 Å². The third kappa shape index (κ3) is 2.05. The van der Waals surface area contributed by atoms with E-state index in [1.165, 1.54) is 0 Å². The number of carbonyl (C=O) groups excluding carboxylic acids is 1. The van der Waals surface area contributed by atoms with Crippen molar-refractivity contribution in [3.63, 3.8) is 0 Å². The number of hydrogen-bond donors (Lipinski definition) is 1. The zero-order valence-electron chi connectivity index (χ0n) is 17.8. The van der Waals surface area contributed by atoms with E-state index in [0.29, 0.717) is 11.5 Å². The van der Waals surface area contributed by atoms with E-state index in [1.807, 2.05) is 13.8 Å². The topological polar surface area (TPSA) is 76.1 Å². The highest BCUT2D eigenvalue weighted by Crippen LogP contribution is 2.81. The molecular weight excluding hydrogens is 368 g/mol. The molecule has 0 aromatic rings. The molecule has 1 heterocycles. The monoisotopic (exact) mass is 400 g/mol. The predicted octanol–water partition coefficient (Wildman–Crippen LogP) is 4.41. The number of aliphatic carboxylic acids is 1. The van der Waals surface area contributed by atoms with Crippen LogP contribution in [0.3, 0.4) is 0 Å². The summed E-state index contributed by atoms with van der Waals surface area (Å²) in [7, 11) is 0. The van der Waals surface area contributed by atoms with Crippen molar-refractivity contribution in [1.29, 1.82) is 0 Å². The fourth-order valence-electron chi connectivity index (χ4n) is 7.95. The van der Waals surface area contributed by atoms with E-state index in [4.69, 9.17) is 9.47 Å². The lowest BCUT2D eigenvalue weighted by Gasteiger charge is -2.53. The maximum absolute atomic E-state index is 12.7. The molecule has 3 spiro atoms. The summed E-state index contributed by atoms with van der Waals surface area (Å²) in [4.78, 5) is 24.9. The minimum Gasteiger partial charge on any atom is -0.481 e. The minimum absolute atomic E-state index is 0.0333. The van der Waals surface area contributed by atoms with Gasteiger partial charge >= 0.3 is 11.9 Å². The molecule has 5 rings (SSSR count). The molecule has 5 fully saturated rings. The maximum atomic E-state index is 12.7. The fraction of sp³-hybridized carbons (Fsp3) is 0.750. The van der Waals surface area contributed by atoms with Crippen molar-refractivity contribution in [2.24, 2.45) is 22.7 Å². The molecule has 29 heavy (non-hydrogen) atoms. The van der Waals surface area contributed by atoms with Crippen LogP contribution in [0.2, 0.25) is 0 Å². The van der Waals surface area contributed by atoms with Crippen molar-refractivity contribution in [1.82, 2.24) is 0 Å². The first-order valence-electron chi connectivity index (χ1n) is 11.1. The smallest absolute Gasteiger partial charge is 0.333 e. The number of ether oxygens (including phenoxy) is 2. The lowest BCUT2D eigenvalue weighted by molar-refractivity contribution is -0.161. The van der Waals surface area contributed by atoms with Gasteiger partial charge in [-0.3, -0.25) is 4.79 Å². The van der Waals surface area contributed by atoms with E-state index in [-0.39, 0.29) is 34.6 Å². The highest BCUT2D eigenvalue weighted by Gasteiger charge is 2.88. The Labute approximate surface area is 172 Å². The Balaban J connectivity index is 1.55. The van der Waals surface area contributed by atoms with E-state index >= 15 is 0 Å². The van der Waals surface area contributed by atoms with E-state index in [2.05, 4.69) is 6.58 Å². The van der Waals surface area contributed by atoms with Crippen LogP contribution in [0.1, 0.15) is 72.1 Å². The van der Waals surface area contributed by atoms with Crippen molar-refractivity contribution < 1.29 is 24.2 Å². The number of carbonyl (C=O) groups is 2. The largest absolute Gasteiger partial charge is 0.481 e. The lowest BCUT2D eigenvalue weighted by atomic mass is 9.46. The molecule has 4 aliphatic carbocycles. The summed E-state index contributed by atoms with van der Waals surface area (Å²) >= 11 is 0. The van der Waals surface area contributed by atoms with Crippen LogP contribution in [0.5, 0.6) is 0 Å². The van der Waals surface area contributed by atoms with Gasteiger partial charge in [0.15, 0.2) is 0 Å². The van der Waals surface area contributed by atoms with Crippen molar-refractivity contribution in [2.75, 3.05) is 0 Å². The van der Waals surface area contributed by atoms with Crippen molar-refractivity contribution >= 4 is 11.9 Å². The van der Waals surface area contributed by atoms with E-state index in [9.17, 15) is 14.7 Å². The molecule has 1 aliphatic heterocycles. The first kappa shape index (κ1) is 19.3. The lowest BCUT2D eigenvalue weighted by Crippen LogP contribution is -2.61. The van der Waals surface area contributed by atoms with Crippen LogP contribution in [-0.2, 0) is 19.1 Å². The Morgan fingerprint density at radius 2 is 2.00 bits per heavy atom. The van der Waals surface area contributed by atoms with Gasteiger partial charge in [0.1, 0.15) is 17.3 Å². The summed E-state index contributed by atoms with van der Waals surface area (Å²) in [5, 5.41) is 10.0. The van der Waals surface area contributed by atoms with Crippen LogP contribution < -0.4 is 0 Å². The van der Waals surface area contributed by atoms with Gasteiger partial charge < -0.3 is 14.6 Å². The first-order valence-corrected chi connectivity index (χ1v) is 11.1. The Morgan fingerprint density at radius 1 is 1.24 bits per heavy atom. The highest BCUT2D eigenvalue weighted by molar-refractivity contribution is 5.88. The van der Waals surface area contributed by atoms with Crippen LogP contribution in [0.4, 0.5) is 0 Å². The maximum Gasteiger partial charge on any atom is 0.333 e. The van der Waals surface area contributed by atoms with Crippen molar-refractivity contribution in [3.05, 3.63) is 23.8 Å². The number of esters is 1. The number of hydrogen-bond acceptors (Lipinski definition) is 4. The molecule has 0 aromatic heterocycles. The predicted molar refractivity (Wildman–Crippen MR) is 107 cm³/mol. The van der Waals surface area contributed by atoms with Gasteiger partial charge in [-0.05, 0) is 83.6 Å². The molecule has 7 unspecified atom stereocenters. The van der Waals surface area contributed by atoms with Gasteiger partial charge in [0.2, 0.25) is 0 Å². The van der Waals surface area contributed by atoms with E-state index in [1.54, 1.807) is 13.0 Å². The molecule has 0 amide bonds. The number of carboxylic acids is 1. The fourth-order valence-corrected chi connectivity index (χ4v) is 7.95. The van der Waals surface area contributed by atoms with Crippen LogP contribution in [0.15, 0.2) is 23.8 Å². The Morgan fingerprint density at radius 3 is 2.69 bits per heavy atom. The molecule has 2 bridgehead atoms. The SMILES string of the molecule is C=C1C2CCC34OC35CCCC(C)(C(=O)O)C5CCC4(C2)C1OC(=O)C(C)=CC. The average molecular weight is 401 g/mol. The number of rotatable bonds is 3. The zero-order chi connectivity index (χ0) is 20.8. The summed E-state index contributed by atoms with van der Waals surface area (Å²) in [6.07, 6.45) is 8.53. The standard InChI is InChI=1S/C24H32O5/c1-5-14(2)19(25)28-18-15(3)16-7-12-24-22(18,13-16)11-8-17-21(4,20(26)27)9-6-10-23(17,24)29-24/h5,16-18H,3,6-13H2,1-2,4H3,(H,26,27). The number of allylic oxidation sites excluding steroid dienone is 1. The molecule has 5 heteroatoms. The second kappa shape index (κ2) is 5.75. The Bertz CT molecular complexity index is 844. The molecule has 158 valence electrons. The second-order valence-electron chi connectivity index (χ2n) is 10.4. The second-order valence-corrected chi connectivity index (χ2v) is 10.4. The highest BCUT2D eigenvalue weighted by atomic mass is 16.6. The molecular formula is C24H32O5. The van der Waals surface area contributed by atoms with Crippen LogP contribution >= 0.6 is 0 Å². The van der Waals surface area contributed by atoms with Gasteiger partial charge in [-0.25, -0.2) is 4.79 Å². The Kier molecular flexibility index (Phi) is 3.83. The molecule has 1 saturated heterocycles. The molecule has 0 aromatic carbocycles. The summed E-state index contributed by atoms with van der Waals surface area (Å²) < 4.78 is 12.9. The summed E-state index contributed by atoms with van der Waals surface area (Å²) in [5.41, 5.74) is -0.0499. The van der Waals surface area contributed by atoms with Gasteiger partial charge in [0.05, 0.1) is 5.41 Å². The average Bonchev–Trinajstić information content (AvgIpc) is 3.30. The van der Waals surface area contributed by atoms with Gasteiger partial charge in [-0.1, -0.05) is 12.7 Å². The van der Waals surface area contributed by atoms with Gasteiger partial charge in [-0.15, -0.1) is 0 Å². The number of carboxylic acid groups (broad SMARTS) is 1. The first-order chi connectivity index (χ1) is 13.7. The van der Waals surface area contributed by atoms with Crippen molar-refractivity contribution in [3.8, 4) is 0 Å². The summed E-state index contributed by atoms with van der Waals surface area (Å²) in [6.45, 7) is 9.91. The van der Waals surface area contributed by atoms with Gasteiger partial charge in [0.25, 0.3) is 0 Å². The van der Waals surface area contributed by atoms with E-state index < -0.39 is 11.4 Å². The minimum atomic E-state index is -0.733. The van der Waals surface area contributed by atoms with Gasteiger partial charge in [-0.2, -0.15) is 0 Å². The van der Waals surface area contributed by atoms with E-state index in [0.717, 1.165) is 56.9 Å². The molecule has 1 N–H and O–H groups in total. The van der Waals surface area contributed by atoms with Crippen LogP contribution in [0, 0.1) is 22.7 Å². The van der Waals surface area contributed by atoms with Gasteiger partial charge in [0, 0.05) is 16.9 Å². The number of epoxide rings is 1. The quantitative estimate of drug-likeness (QED) is 0.329. The molecule has 5 aliphatic rings. The van der Waals surface area contributed by atoms with Crippen molar-refractivity contribution in [2.45, 2.75) is 89.4 Å². The zero-order valence-corrected chi connectivity index (χ0v) is 17.8. The summed E-state index contributed by atoms with van der Waals surface area (Å²) in [5.74, 6) is -0.562.